The molecule has 2 aliphatic rings. The van der Waals surface area contributed by atoms with E-state index in [1.165, 1.54) is 100 Å². The molecular weight excluding hydrogens is 784 g/mol. The SMILES string of the molecule is Cc1cc(C)c(-c2c(-c3c(C)cc(C)cc3C)c3c(-c4c(C)cc(C)cc4C)c4nc(cc5ccc(cc6nc(cc2n3-c2c(C)cc(C)cc2C)C=C6)[nH]5)C=C4)c(C)c1.[Fe]. The van der Waals surface area contributed by atoms with Crippen LogP contribution in [0.2, 0.25) is 0 Å². The average Bonchev–Trinajstić information content (AvgIpc) is 3.95. The Morgan fingerprint density at radius 1 is 0.377 bits per heavy atom. The van der Waals surface area contributed by atoms with Gasteiger partial charge in [-0.2, -0.15) is 0 Å². The van der Waals surface area contributed by atoms with Gasteiger partial charge in [-0.05, 0) is 199 Å². The summed E-state index contributed by atoms with van der Waals surface area (Å²) in [5.74, 6) is 0. The van der Waals surface area contributed by atoms with Gasteiger partial charge in [-0.25, -0.2) is 9.97 Å². The number of aryl methyl sites for hydroxylation is 12. The Bertz CT molecular complexity index is 3130. The number of H-pyrrole nitrogens is 1. The summed E-state index contributed by atoms with van der Waals surface area (Å²) < 4.78 is 2.60. The molecule has 306 valence electrons. The Morgan fingerprint density at radius 2 is 0.754 bits per heavy atom. The van der Waals surface area contributed by atoms with E-state index in [0.717, 1.165) is 50.4 Å². The number of fused-ring (bicyclic) bond motifs is 8. The third-order valence-corrected chi connectivity index (χ3v) is 12.3. The van der Waals surface area contributed by atoms with Crippen LogP contribution in [0, 0.1) is 83.1 Å². The molecule has 3 aromatic heterocycles. The molecule has 0 radical (unpaired) electrons. The number of hydrogen-bond donors (Lipinski definition) is 1. The topological polar surface area (TPSA) is 46.5 Å². The van der Waals surface area contributed by atoms with Crippen LogP contribution in [0.25, 0.3) is 85.4 Å². The monoisotopic (exact) mass is 838 g/mol. The van der Waals surface area contributed by atoms with Gasteiger partial charge in [0.05, 0.1) is 39.5 Å². The second kappa shape index (κ2) is 15.8. The summed E-state index contributed by atoms with van der Waals surface area (Å²) in [6.45, 7) is 27.0. The fourth-order valence-electron chi connectivity index (χ4n) is 10.5. The van der Waals surface area contributed by atoms with Gasteiger partial charge >= 0.3 is 0 Å². The average molecular weight is 839 g/mol. The molecule has 4 aromatic carbocycles. The van der Waals surface area contributed by atoms with Crippen molar-refractivity contribution in [2.45, 2.75) is 83.1 Å². The molecule has 0 fully saturated rings. The molecule has 0 aliphatic carbocycles. The Hall–Kier alpha value is -6.00. The van der Waals surface area contributed by atoms with Crippen molar-refractivity contribution < 1.29 is 17.1 Å². The first-order valence-electron chi connectivity index (χ1n) is 21.1. The number of aromatic amines is 1. The van der Waals surface area contributed by atoms with E-state index in [9.17, 15) is 0 Å². The number of aromatic nitrogens is 4. The van der Waals surface area contributed by atoms with Crippen LogP contribution < -0.4 is 0 Å². The van der Waals surface area contributed by atoms with Crippen LogP contribution in [-0.4, -0.2) is 19.5 Å². The van der Waals surface area contributed by atoms with Gasteiger partial charge in [0.25, 0.3) is 0 Å². The van der Waals surface area contributed by atoms with Gasteiger partial charge in [-0.15, -0.1) is 0 Å². The number of rotatable bonds is 4. The molecule has 5 heteroatoms. The molecule has 4 nitrogen and oxygen atoms in total. The van der Waals surface area contributed by atoms with Crippen molar-refractivity contribution in [1.29, 1.82) is 0 Å². The molecule has 1 N–H and O–H groups in total. The maximum atomic E-state index is 5.56. The Balaban J connectivity index is 0.00000514. The minimum absolute atomic E-state index is 0. The second-order valence-electron chi connectivity index (χ2n) is 17.6. The van der Waals surface area contributed by atoms with Crippen molar-refractivity contribution in [3.05, 3.63) is 168 Å². The van der Waals surface area contributed by atoms with Gasteiger partial charge in [0.2, 0.25) is 0 Å². The van der Waals surface area contributed by atoms with E-state index in [0.29, 0.717) is 0 Å². The summed E-state index contributed by atoms with van der Waals surface area (Å²) in [5.41, 5.74) is 31.2. The third-order valence-electron chi connectivity index (χ3n) is 12.3. The first-order chi connectivity index (χ1) is 28.6. The number of nitrogens with zero attached hydrogens (tertiary/aromatic N) is 3. The minimum Gasteiger partial charge on any atom is -0.355 e. The number of nitrogens with one attached hydrogen (secondary N) is 1. The molecule has 0 atom stereocenters. The summed E-state index contributed by atoms with van der Waals surface area (Å²) in [4.78, 5) is 14.4. The number of hydrogen-bond acceptors (Lipinski definition) is 2. The van der Waals surface area contributed by atoms with Gasteiger partial charge in [-0.1, -0.05) is 70.8 Å². The van der Waals surface area contributed by atoms with Crippen LogP contribution in [0.5, 0.6) is 0 Å². The van der Waals surface area contributed by atoms with Crippen molar-refractivity contribution in [3.8, 4) is 39.1 Å². The molecule has 5 heterocycles. The zero-order chi connectivity index (χ0) is 42.3. The third kappa shape index (κ3) is 7.34. The molecule has 0 saturated heterocycles. The maximum Gasteiger partial charge on any atom is 0.0737 e. The van der Waals surface area contributed by atoms with Gasteiger partial charge in [0.1, 0.15) is 0 Å². The molecule has 8 bridgehead atoms. The minimum atomic E-state index is 0. The van der Waals surface area contributed by atoms with Crippen molar-refractivity contribution in [2.75, 3.05) is 0 Å². The van der Waals surface area contributed by atoms with Crippen molar-refractivity contribution >= 4 is 46.4 Å². The van der Waals surface area contributed by atoms with Gasteiger partial charge in [0.15, 0.2) is 0 Å². The first-order valence-corrected chi connectivity index (χ1v) is 21.1. The maximum absolute atomic E-state index is 5.56. The molecule has 0 saturated carbocycles. The zero-order valence-electron chi connectivity index (χ0n) is 37.5. The summed E-state index contributed by atoms with van der Waals surface area (Å²) in [7, 11) is 0. The van der Waals surface area contributed by atoms with E-state index in [2.05, 4.69) is 196 Å². The Labute approximate surface area is 371 Å². The molecular formula is C56H54FeN4. The van der Waals surface area contributed by atoms with Crippen molar-refractivity contribution in [3.63, 3.8) is 0 Å². The normalized spacial score (nSPS) is 12.0. The smallest absolute Gasteiger partial charge is 0.0737 e. The fraction of sp³-hybridized carbons (Fsp3) is 0.214. The molecule has 7 aromatic rings. The quantitative estimate of drug-likeness (QED) is 0.180. The summed E-state index contributed by atoms with van der Waals surface area (Å²) in [6, 6.07) is 29.6. The number of benzene rings is 4. The molecule has 9 rings (SSSR count). The molecule has 0 spiro atoms. The van der Waals surface area contributed by atoms with Gasteiger partial charge in [-0.3, -0.25) is 0 Å². The van der Waals surface area contributed by atoms with E-state index < -0.39 is 0 Å². The standard InChI is InChI=1S/C56H54N4.Fe/c1-30-19-34(5)49(35(6)20-30)52-47-18-17-45(59-47)28-44-14-13-42(57-44)27-43-15-16-46(58-43)29-48-53(50-36(7)21-31(2)22-37(50)8)54(51-38(9)23-32(3)24-39(51)10)56(52)60(48)55-40(11)25-33(4)26-41(55)12;/h13-29,57H,1-12H3;. The van der Waals surface area contributed by atoms with Crippen LogP contribution in [0.1, 0.15) is 89.5 Å². The first kappa shape index (κ1) is 41.7. The molecule has 0 amide bonds. The summed E-state index contributed by atoms with van der Waals surface area (Å²) >= 11 is 0. The van der Waals surface area contributed by atoms with Crippen molar-refractivity contribution in [1.82, 2.24) is 19.5 Å². The van der Waals surface area contributed by atoms with Gasteiger partial charge < -0.3 is 9.55 Å². The van der Waals surface area contributed by atoms with E-state index in [1.54, 1.807) is 0 Å². The molecule has 61 heavy (non-hydrogen) atoms. The van der Waals surface area contributed by atoms with E-state index in [1.807, 2.05) is 0 Å². The van der Waals surface area contributed by atoms with Crippen LogP contribution in [0.15, 0.2) is 78.9 Å². The van der Waals surface area contributed by atoms with Gasteiger partial charge in [0, 0.05) is 44.8 Å². The Kier molecular flexibility index (Phi) is 10.8. The predicted molar refractivity (Wildman–Crippen MR) is 257 cm³/mol. The summed E-state index contributed by atoms with van der Waals surface area (Å²) in [6.07, 6.45) is 8.69. The van der Waals surface area contributed by atoms with Crippen LogP contribution in [0.4, 0.5) is 0 Å². The van der Waals surface area contributed by atoms with Crippen molar-refractivity contribution in [2.24, 2.45) is 0 Å². The zero-order valence-corrected chi connectivity index (χ0v) is 38.6. The second-order valence-corrected chi connectivity index (χ2v) is 17.6. The largest absolute Gasteiger partial charge is 0.355 e. The van der Waals surface area contributed by atoms with Crippen LogP contribution in [-0.2, 0) is 17.1 Å². The van der Waals surface area contributed by atoms with E-state index >= 15 is 0 Å². The summed E-state index contributed by atoms with van der Waals surface area (Å²) in [5, 5.41) is 0. The van der Waals surface area contributed by atoms with E-state index in [-0.39, 0.29) is 17.1 Å². The molecule has 0 unspecified atom stereocenters. The van der Waals surface area contributed by atoms with E-state index in [4.69, 9.17) is 9.97 Å². The van der Waals surface area contributed by atoms with Crippen LogP contribution in [0.3, 0.4) is 0 Å². The van der Waals surface area contributed by atoms with Crippen LogP contribution >= 0.6 is 0 Å². The fourth-order valence-corrected chi connectivity index (χ4v) is 10.5. The predicted octanol–water partition coefficient (Wildman–Crippen LogP) is 14.8. The Morgan fingerprint density at radius 3 is 1.23 bits per heavy atom. The molecule has 2 aliphatic heterocycles.